The van der Waals surface area contributed by atoms with Crippen molar-refractivity contribution in [2.45, 2.75) is 34.6 Å². The summed E-state index contributed by atoms with van der Waals surface area (Å²) in [4.78, 5) is 16.0. The maximum Gasteiger partial charge on any atom is 0.135 e. The summed E-state index contributed by atoms with van der Waals surface area (Å²) in [6.45, 7) is 17.9. The molecule has 0 unspecified atom stereocenters. The van der Waals surface area contributed by atoms with E-state index in [1.807, 2.05) is 59.5 Å². The number of benzene rings is 2. The van der Waals surface area contributed by atoms with E-state index in [2.05, 4.69) is 37.8 Å². The standard InChI is InChI=1S/C15H12O.2C2H6.2CH2O/c1-3-11-5-7-14-13(9-11)12-6-4-10(2)8-15(12)16-14;4*1-2/h3-9H,1H2,2H3;2*1-2H3;2*1H2. The van der Waals surface area contributed by atoms with E-state index < -0.39 is 0 Å². The largest absolute Gasteiger partial charge is 0.456 e. The van der Waals surface area contributed by atoms with E-state index in [9.17, 15) is 0 Å². The van der Waals surface area contributed by atoms with Gasteiger partial charge in [0, 0.05) is 10.8 Å². The van der Waals surface area contributed by atoms with E-state index in [1.54, 1.807) is 0 Å². The molecule has 0 amide bonds. The van der Waals surface area contributed by atoms with E-state index in [0.717, 1.165) is 22.1 Å². The van der Waals surface area contributed by atoms with Crippen LogP contribution in [0.4, 0.5) is 0 Å². The number of fused-ring (bicyclic) bond motifs is 3. The Morgan fingerprint density at radius 1 is 0.792 bits per heavy atom. The summed E-state index contributed by atoms with van der Waals surface area (Å²) < 4.78 is 5.80. The van der Waals surface area contributed by atoms with Gasteiger partial charge in [0.05, 0.1) is 0 Å². The van der Waals surface area contributed by atoms with Crippen LogP contribution in [0.2, 0.25) is 0 Å². The lowest BCUT2D eigenvalue weighted by molar-refractivity contribution is -0.0987. The fraction of sp³-hybridized carbons (Fsp3) is 0.238. The molecule has 0 aliphatic heterocycles. The Morgan fingerprint density at radius 2 is 1.38 bits per heavy atom. The number of carbonyl (C=O) groups is 2. The molecule has 3 aromatic rings. The van der Waals surface area contributed by atoms with Crippen molar-refractivity contribution in [2.75, 3.05) is 0 Å². The molecule has 0 radical (unpaired) electrons. The molecule has 0 saturated carbocycles. The minimum atomic E-state index is 0.936. The Hall–Kier alpha value is -2.68. The first-order valence-corrected chi connectivity index (χ1v) is 7.91. The first kappa shape index (κ1) is 23.6. The SMILES string of the molecule is C=Cc1ccc2oc3cc(C)ccc3c2c1.C=O.C=O.CC.CC. The molecule has 0 aliphatic rings. The summed E-state index contributed by atoms with van der Waals surface area (Å²) in [6, 6.07) is 12.4. The van der Waals surface area contributed by atoms with Gasteiger partial charge in [-0.15, -0.1) is 0 Å². The van der Waals surface area contributed by atoms with E-state index in [1.165, 1.54) is 10.9 Å². The van der Waals surface area contributed by atoms with Gasteiger partial charge in [-0.1, -0.05) is 58.5 Å². The topological polar surface area (TPSA) is 47.3 Å². The highest BCUT2D eigenvalue weighted by molar-refractivity contribution is 6.05. The Morgan fingerprint density at radius 3 is 1.92 bits per heavy atom. The van der Waals surface area contributed by atoms with Gasteiger partial charge in [0.25, 0.3) is 0 Å². The van der Waals surface area contributed by atoms with Gasteiger partial charge in [-0.3, -0.25) is 0 Å². The average molecular weight is 328 g/mol. The van der Waals surface area contributed by atoms with Crippen LogP contribution in [0.15, 0.2) is 47.4 Å². The molecule has 3 rings (SSSR count). The van der Waals surface area contributed by atoms with Gasteiger partial charge < -0.3 is 14.0 Å². The van der Waals surface area contributed by atoms with Crippen LogP contribution in [-0.4, -0.2) is 13.6 Å². The number of hydrogen-bond donors (Lipinski definition) is 0. The number of furan rings is 1. The normalized spacial score (nSPS) is 8.21. The molecule has 0 aliphatic carbocycles. The maximum absolute atomic E-state index is 8.00. The molecule has 3 nitrogen and oxygen atoms in total. The minimum Gasteiger partial charge on any atom is -0.456 e. The van der Waals surface area contributed by atoms with Gasteiger partial charge in [-0.2, -0.15) is 0 Å². The van der Waals surface area contributed by atoms with E-state index >= 15 is 0 Å². The van der Waals surface area contributed by atoms with Crippen molar-refractivity contribution < 1.29 is 14.0 Å². The molecule has 130 valence electrons. The second kappa shape index (κ2) is 13.9. The molecule has 1 aromatic heterocycles. The molecule has 0 fully saturated rings. The van der Waals surface area contributed by atoms with Crippen LogP contribution >= 0.6 is 0 Å². The molecule has 0 N–H and O–H groups in total. The molecule has 3 heteroatoms. The summed E-state index contributed by atoms with van der Waals surface area (Å²) in [7, 11) is 0. The van der Waals surface area contributed by atoms with Crippen LogP contribution < -0.4 is 0 Å². The lowest BCUT2D eigenvalue weighted by atomic mass is 10.1. The Balaban J connectivity index is 0. The van der Waals surface area contributed by atoms with Crippen LogP contribution in [0.1, 0.15) is 38.8 Å². The molecular weight excluding hydrogens is 300 g/mol. The fourth-order valence-corrected chi connectivity index (χ4v) is 2.03. The van der Waals surface area contributed by atoms with Gasteiger partial charge in [-0.05, 0) is 36.2 Å². The zero-order valence-electron chi connectivity index (χ0n) is 15.4. The van der Waals surface area contributed by atoms with Crippen molar-refractivity contribution in [1.29, 1.82) is 0 Å². The molecule has 0 atom stereocenters. The van der Waals surface area contributed by atoms with Gasteiger partial charge in [0.15, 0.2) is 0 Å². The highest BCUT2D eigenvalue weighted by Gasteiger charge is 2.06. The molecule has 0 bridgehead atoms. The molecule has 1 heterocycles. The smallest absolute Gasteiger partial charge is 0.135 e. The van der Waals surface area contributed by atoms with Gasteiger partial charge in [0.2, 0.25) is 0 Å². The maximum atomic E-state index is 8.00. The first-order valence-electron chi connectivity index (χ1n) is 7.91. The Bertz CT molecular complexity index is 724. The zero-order chi connectivity index (χ0) is 19.1. The summed E-state index contributed by atoms with van der Waals surface area (Å²) in [6.07, 6.45) is 1.85. The third-order valence-corrected chi connectivity index (χ3v) is 2.89. The quantitative estimate of drug-likeness (QED) is 0.532. The predicted octanol–water partition coefficient (Wildman–Crippen LogP) is 6.22. The number of hydrogen-bond acceptors (Lipinski definition) is 3. The van der Waals surface area contributed by atoms with Gasteiger partial charge >= 0.3 is 0 Å². The number of carbonyl (C=O) groups excluding carboxylic acids is 2. The zero-order valence-corrected chi connectivity index (χ0v) is 15.4. The first-order chi connectivity index (χ1) is 11.8. The van der Waals surface area contributed by atoms with E-state index in [0.29, 0.717) is 0 Å². The van der Waals surface area contributed by atoms with Crippen molar-refractivity contribution in [3.8, 4) is 0 Å². The summed E-state index contributed by atoms with van der Waals surface area (Å²) in [5, 5.41) is 2.33. The van der Waals surface area contributed by atoms with E-state index in [-0.39, 0.29) is 0 Å². The molecular formula is C21H28O3. The molecule has 0 saturated heterocycles. The van der Waals surface area contributed by atoms with Gasteiger partial charge in [0.1, 0.15) is 24.7 Å². The molecule has 2 aromatic carbocycles. The lowest BCUT2D eigenvalue weighted by Crippen LogP contribution is -1.72. The van der Waals surface area contributed by atoms with Crippen LogP contribution in [0.3, 0.4) is 0 Å². The molecule has 0 spiro atoms. The summed E-state index contributed by atoms with van der Waals surface area (Å²) in [5.74, 6) is 0. The lowest BCUT2D eigenvalue weighted by Gasteiger charge is -1.93. The van der Waals surface area contributed by atoms with Crippen LogP contribution in [-0.2, 0) is 9.59 Å². The van der Waals surface area contributed by atoms with Crippen molar-refractivity contribution in [3.05, 3.63) is 54.1 Å². The van der Waals surface area contributed by atoms with Crippen LogP contribution in [0.25, 0.3) is 28.0 Å². The average Bonchev–Trinajstić information content (AvgIpc) is 3.04. The second-order valence-electron chi connectivity index (χ2n) is 4.06. The monoisotopic (exact) mass is 328 g/mol. The van der Waals surface area contributed by atoms with Crippen LogP contribution in [0, 0.1) is 6.92 Å². The highest BCUT2D eigenvalue weighted by atomic mass is 16.3. The fourth-order valence-electron chi connectivity index (χ4n) is 2.03. The van der Waals surface area contributed by atoms with Crippen molar-refractivity contribution in [3.63, 3.8) is 0 Å². The van der Waals surface area contributed by atoms with Crippen molar-refractivity contribution in [1.82, 2.24) is 0 Å². The molecule has 24 heavy (non-hydrogen) atoms. The van der Waals surface area contributed by atoms with Crippen molar-refractivity contribution >= 4 is 41.6 Å². The third kappa shape index (κ3) is 5.84. The number of aryl methyl sites for hydroxylation is 1. The van der Waals surface area contributed by atoms with Crippen molar-refractivity contribution in [2.24, 2.45) is 0 Å². The second-order valence-corrected chi connectivity index (χ2v) is 4.06. The Kier molecular flexibility index (Phi) is 13.7. The third-order valence-electron chi connectivity index (χ3n) is 2.89. The Labute approximate surface area is 145 Å². The summed E-state index contributed by atoms with van der Waals surface area (Å²) >= 11 is 0. The van der Waals surface area contributed by atoms with Crippen LogP contribution in [0.5, 0.6) is 0 Å². The summed E-state index contributed by atoms with van der Waals surface area (Å²) in [5.41, 5.74) is 4.23. The van der Waals surface area contributed by atoms with E-state index in [4.69, 9.17) is 14.0 Å². The highest BCUT2D eigenvalue weighted by Crippen LogP contribution is 2.30. The predicted molar refractivity (Wildman–Crippen MR) is 105 cm³/mol. The van der Waals surface area contributed by atoms with Gasteiger partial charge in [-0.25, -0.2) is 0 Å². The number of rotatable bonds is 1. The minimum absolute atomic E-state index is 0.936.